The molecule has 0 amide bonds. The topological polar surface area (TPSA) is 48.8 Å². The van der Waals surface area contributed by atoms with E-state index in [0.717, 1.165) is 22.7 Å². The van der Waals surface area contributed by atoms with Crippen LogP contribution in [0.15, 0.2) is 58.5 Å². The van der Waals surface area contributed by atoms with Gasteiger partial charge in [0.15, 0.2) is 0 Å². The van der Waals surface area contributed by atoms with Crippen LogP contribution in [0.2, 0.25) is 0 Å². The van der Waals surface area contributed by atoms with Gasteiger partial charge in [-0.05, 0) is 24.3 Å². The maximum Gasteiger partial charge on any atom is 0.0869 e. The Kier molecular flexibility index (Phi) is 2.52. The number of para-hydroxylation sites is 4. The fraction of sp³-hybridized carbons (Fsp3) is 0.125. The molecule has 2 unspecified atom stereocenters. The normalized spacial score (nSPS) is 22.4. The summed E-state index contributed by atoms with van der Waals surface area (Å²) in [6, 6.07) is 16.3. The van der Waals surface area contributed by atoms with E-state index in [2.05, 4.69) is 20.6 Å². The van der Waals surface area contributed by atoms with E-state index in [-0.39, 0.29) is 12.1 Å². The first-order chi connectivity index (χ1) is 9.90. The predicted octanol–water partition coefficient (Wildman–Crippen LogP) is 3.38. The van der Waals surface area contributed by atoms with Crippen LogP contribution >= 0.6 is 0 Å². The number of aliphatic imine (C=N–C) groups is 2. The van der Waals surface area contributed by atoms with Crippen LogP contribution in [-0.2, 0) is 0 Å². The van der Waals surface area contributed by atoms with Crippen molar-refractivity contribution in [1.29, 1.82) is 0 Å². The van der Waals surface area contributed by atoms with Gasteiger partial charge in [0, 0.05) is 12.4 Å². The summed E-state index contributed by atoms with van der Waals surface area (Å²) in [7, 11) is 0. The van der Waals surface area contributed by atoms with Crippen molar-refractivity contribution < 1.29 is 0 Å². The lowest BCUT2D eigenvalue weighted by atomic mass is 10.1. The number of anilines is 2. The van der Waals surface area contributed by atoms with Gasteiger partial charge in [-0.3, -0.25) is 9.98 Å². The Hall–Kier alpha value is -2.62. The maximum absolute atomic E-state index is 4.52. The van der Waals surface area contributed by atoms with Gasteiger partial charge in [-0.25, -0.2) is 0 Å². The summed E-state index contributed by atoms with van der Waals surface area (Å²) in [5.74, 6) is 0. The molecule has 4 rings (SSSR count). The highest BCUT2D eigenvalue weighted by Gasteiger charge is 2.24. The Balaban J connectivity index is 1.60. The van der Waals surface area contributed by atoms with E-state index < -0.39 is 0 Å². The summed E-state index contributed by atoms with van der Waals surface area (Å²) < 4.78 is 0. The van der Waals surface area contributed by atoms with Crippen molar-refractivity contribution in [1.82, 2.24) is 0 Å². The molecule has 2 N–H and O–H groups in total. The molecule has 20 heavy (non-hydrogen) atoms. The second-order valence-electron chi connectivity index (χ2n) is 4.93. The Morgan fingerprint density at radius 1 is 0.650 bits per heavy atom. The van der Waals surface area contributed by atoms with Crippen LogP contribution in [0, 0.1) is 0 Å². The van der Waals surface area contributed by atoms with Crippen LogP contribution in [0.4, 0.5) is 22.7 Å². The first-order valence-electron chi connectivity index (χ1n) is 6.70. The molecule has 2 aromatic rings. The van der Waals surface area contributed by atoms with Crippen molar-refractivity contribution in [2.24, 2.45) is 9.98 Å². The van der Waals surface area contributed by atoms with Crippen molar-refractivity contribution in [2.75, 3.05) is 10.6 Å². The molecular formula is C16H14N4. The number of nitrogens with one attached hydrogen (secondary N) is 2. The van der Waals surface area contributed by atoms with Crippen LogP contribution in [0.1, 0.15) is 0 Å². The summed E-state index contributed by atoms with van der Waals surface area (Å²) in [5.41, 5.74) is 4.09. The third-order valence-electron chi connectivity index (χ3n) is 3.59. The van der Waals surface area contributed by atoms with E-state index in [0.29, 0.717) is 0 Å². The molecule has 2 heterocycles. The molecule has 0 saturated carbocycles. The molecule has 0 fully saturated rings. The second kappa shape index (κ2) is 4.49. The van der Waals surface area contributed by atoms with Gasteiger partial charge in [-0.1, -0.05) is 24.3 Å². The molecule has 2 aromatic carbocycles. The molecule has 4 nitrogen and oxygen atoms in total. The average Bonchev–Trinajstić information content (AvgIpc) is 2.54. The van der Waals surface area contributed by atoms with E-state index in [1.165, 1.54) is 0 Å². The third-order valence-corrected chi connectivity index (χ3v) is 3.59. The van der Waals surface area contributed by atoms with Crippen LogP contribution < -0.4 is 10.6 Å². The fourth-order valence-corrected chi connectivity index (χ4v) is 2.54. The Labute approximate surface area is 117 Å². The van der Waals surface area contributed by atoms with E-state index in [1.807, 2.05) is 61.0 Å². The number of fused-ring (bicyclic) bond motifs is 2. The van der Waals surface area contributed by atoms with Crippen LogP contribution in [-0.4, -0.2) is 24.5 Å². The predicted molar refractivity (Wildman–Crippen MR) is 84.0 cm³/mol. The number of hydrogen-bond donors (Lipinski definition) is 2. The van der Waals surface area contributed by atoms with Gasteiger partial charge in [0.1, 0.15) is 0 Å². The number of nitrogens with zero attached hydrogens (tertiary/aromatic N) is 2. The highest BCUT2D eigenvalue weighted by molar-refractivity contribution is 5.92. The van der Waals surface area contributed by atoms with E-state index >= 15 is 0 Å². The number of hydrogen-bond acceptors (Lipinski definition) is 4. The Morgan fingerprint density at radius 3 is 1.60 bits per heavy atom. The van der Waals surface area contributed by atoms with Gasteiger partial charge >= 0.3 is 0 Å². The molecule has 0 aromatic heterocycles. The van der Waals surface area contributed by atoms with Crippen LogP contribution in [0.5, 0.6) is 0 Å². The molecule has 2 aliphatic rings. The summed E-state index contributed by atoms with van der Waals surface area (Å²) >= 11 is 0. The smallest absolute Gasteiger partial charge is 0.0869 e. The van der Waals surface area contributed by atoms with Crippen molar-refractivity contribution in [2.45, 2.75) is 12.1 Å². The average molecular weight is 262 g/mol. The highest BCUT2D eigenvalue weighted by atomic mass is 15.1. The van der Waals surface area contributed by atoms with E-state index in [4.69, 9.17) is 0 Å². The Bertz CT molecular complexity index is 644. The summed E-state index contributed by atoms with van der Waals surface area (Å²) in [6.07, 6.45) is 3.89. The lowest BCUT2D eigenvalue weighted by molar-refractivity contribution is 0.869. The number of benzene rings is 2. The molecule has 2 aliphatic heterocycles. The van der Waals surface area contributed by atoms with E-state index in [1.54, 1.807) is 0 Å². The summed E-state index contributed by atoms with van der Waals surface area (Å²) in [5, 5.41) is 6.99. The zero-order chi connectivity index (χ0) is 13.4. The minimum Gasteiger partial charge on any atom is -0.373 e. The Morgan fingerprint density at radius 2 is 1.10 bits per heavy atom. The number of rotatable bonds is 1. The lowest BCUT2D eigenvalue weighted by Gasteiger charge is -2.30. The minimum absolute atomic E-state index is 0.0991. The van der Waals surface area contributed by atoms with Gasteiger partial charge < -0.3 is 10.6 Å². The second-order valence-corrected chi connectivity index (χ2v) is 4.93. The van der Waals surface area contributed by atoms with Crippen molar-refractivity contribution in [3.8, 4) is 0 Å². The molecular weight excluding hydrogens is 248 g/mol. The molecule has 0 aliphatic carbocycles. The molecule has 4 heteroatoms. The molecule has 0 saturated heterocycles. The monoisotopic (exact) mass is 262 g/mol. The minimum atomic E-state index is 0.0991. The van der Waals surface area contributed by atoms with Crippen molar-refractivity contribution in [3.05, 3.63) is 48.5 Å². The van der Waals surface area contributed by atoms with Gasteiger partial charge in [0.05, 0.1) is 34.8 Å². The lowest BCUT2D eigenvalue weighted by Crippen LogP contribution is -2.43. The molecule has 2 atom stereocenters. The highest BCUT2D eigenvalue weighted by Crippen LogP contribution is 2.31. The van der Waals surface area contributed by atoms with Crippen molar-refractivity contribution >= 4 is 35.2 Å². The van der Waals surface area contributed by atoms with Crippen LogP contribution in [0.3, 0.4) is 0 Å². The van der Waals surface area contributed by atoms with E-state index in [9.17, 15) is 0 Å². The van der Waals surface area contributed by atoms with Gasteiger partial charge in [0.2, 0.25) is 0 Å². The molecule has 0 spiro atoms. The summed E-state index contributed by atoms with van der Waals surface area (Å²) in [6.45, 7) is 0. The zero-order valence-corrected chi connectivity index (χ0v) is 10.8. The summed E-state index contributed by atoms with van der Waals surface area (Å²) in [4.78, 5) is 9.03. The zero-order valence-electron chi connectivity index (χ0n) is 10.8. The van der Waals surface area contributed by atoms with Gasteiger partial charge in [-0.2, -0.15) is 0 Å². The quantitative estimate of drug-likeness (QED) is 0.827. The van der Waals surface area contributed by atoms with Gasteiger partial charge in [-0.15, -0.1) is 0 Å². The third kappa shape index (κ3) is 1.86. The molecule has 0 radical (unpaired) electrons. The first kappa shape index (κ1) is 11.2. The molecule has 98 valence electrons. The molecule has 0 bridgehead atoms. The van der Waals surface area contributed by atoms with Crippen LogP contribution in [0.25, 0.3) is 0 Å². The largest absolute Gasteiger partial charge is 0.373 e. The SMILES string of the molecule is C1=Nc2ccccc2NC1C1C=Nc2ccccc2N1. The standard InChI is InChI=1S/C16H14N4/c1-3-7-13-11(5-1)17-9-15(19-13)16-10-18-12-6-2-4-8-14(12)20-16/h1-10,15-16,19-20H. The maximum atomic E-state index is 4.52. The first-order valence-corrected chi connectivity index (χ1v) is 6.70. The fourth-order valence-electron chi connectivity index (χ4n) is 2.54. The van der Waals surface area contributed by atoms with Crippen molar-refractivity contribution in [3.63, 3.8) is 0 Å². The van der Waals surface area contributed by atoms with Gasteiger partial charge in [0.25, 0.3) is 0 Å².